The minimum atomic E-state index is -0.281. The highest BCUT2D eigenvalue weighted by Gasteiger charge is 2.15. The Bertz CT molecular complexity index is 409. The number of hydrogen-bond donors (Lipinski definition) is 1. The summed E-state index contributed by atoms with van der Waals surface area (Å²) in [6.07, 6.45) is 3.27. The van der Waals surface area contributed by atoms with Gasteiger partial charge in [-0.15, -0.1) is 11.8 Å². The maximum absolute atomic E-state index is 12.0. The first-order chi connectivity index (χ1) is 8.81. The van der Waals surface area contributed by atoms with Gasteiger partial charge in [-0.25, -0.2) is 0 Å². The second kappa shape index (κ2) is 6.96. The predicted molar refractivity (Wildman–Crippen MR) is 82.2 cm³/mol. The number of carbonyl (C=O) groups excluding carboxylic acids is 1. The number of hydrogen-bond acceptors (Lipinski definition) is 3. The molecule has 0 radical (unpaired) electrons. The molecule has 4 heteroatoms. The van der Waals surface area contributed by atoms with Crippen LogP contribution in [0.5, 0.6) is 0 Å². The average molecular weight is 280 g/mol. The van der Waals surface area contributed by atoms with Crippen molar-refractivity contribution in [3.8, 4) is 0 Å². The Morgan fingerprint density at radius 1 is 1.32 bits per heavy atom. The third-order valence-electron chi connectivity index (χ3n) is 2.99. The lowest BCUT2D eigenvalue weighted by atomic mass is 10.00. The van der Waals surface area contributed by atoms with E-state index in [0.717, 1.165) is 5.56 Å². The Labute approximate surface area is 120 Å². The fraction of sp³-hybridized carbons (Fsp3) is 0.533. The van der Waals surface area contributed by atoms with Gasteiger partial charge < -0.3 is 10.6 Å². The van der Waals surface area contributed by atoms with E-state index in [2.05, 4.69) is 30.5 Å². The van der Waals surface area contributed by atoms with Crippen molar-refractivity contribution in [1.29, 1.82) is 0 Å². The van der Waals surface area contributed by atoms with Crippen LogP contribution < -0.4 is 5.73 Å². The highest BCUT2D eigenvalue weighted by atomic mass is 32.2. The first-order valence-electron chi connectivity index (χ1n) is 6.47. The lowest BCUT2D eigenvalue weighted by Crippen LogP contribution is -2.34. The van der Waals surface area contributed by atoms with Gasteiger partial charge in [0.2, 0.25) is 5.91 Å². The molecule has 106 valence electrons. The van der Waals surface area contributed by atoms with E-state index in [0.29, 0.717) is 19.4 Å². The molecular weight excluding hydrogens is 256 g/mol. The third-order valence-corrected chi connectivity index (χ3v) is 3.73. The molecule has 3 nitrogen and oxygen atoms in total. The van der Waals surface area contributed by atoms with Crippen molar-refractivity contribution < 1.29 is 4.79 Å². The van der Waals surface area contributed by atoms with Crippen molar-refractivity contribution in [3.63, 3.8) is 0 Å². The lowest BCUT2D eigenvalue weighted by Gasteiger charge is -2.21. The third kappa shape index (κ3) is 6.12. The number of nitrogens with two attached hydrogens (primary N) is 1. The molecule has 0 aliphatic heterocycles. The number of nitrogens with zero attached hydrogens (tertiary/aromatic N) is 1. The highest BCUT2D eigenvalue weighted by Crippen LogP contribution is 2.16. The summed E-state index contributed by atoms with van der Waals surface area (Å²) in [5, 5.41) is 0. The van der Waals surface area contributed by atoms with Crippen LogP contribution in [0.2, 0.25) is 0 Å². The zero-order valence-corrected chi connectivity index (χ0v) is 13.1. The van der Waals surface area contributed by atoms with Gasteiger partial charge in [0.05, 0.1) is 0 Å². The van der Waals surface area contributed by atoms with Gasteiger partial charge in [-0.2, -0.15) is 0 Å². The van der Waals surface area contributed by atoms with E-state index in [1.807, 2.05) is 20.9 Å². The molecule has 0 fully saturated rings. The Balaban J connectivity index is 2.49. The topological polar surface area (TPSA) is 46.3 Å². The van der Waals surface area contributed by atoms with Crippen molar-refractivity contribution in [3.05, 3.63) is 29.8 Å². The van der Waals surface area contributed by atoms with Gasteiger partial charge >= 0.3 is 0 Å². The summed E-state index contributed by atoms with van der Waals surface area (Å²) in [5.74, 6) is 0.146. The molecule has 1 aromatic carbocycles. The number of thioether (sulfide) groups is 1. The molecule has 0 heterocycles. The SMILES string of the molecule is CSc1ccc(CN(C)C(=O)CCC(C)(C)N)cc1. The molecule has 0 bridgehead atoms. The Kier molecular flexibility index (Phi) is 5.88. The maximum atomic E-state index is 12.0. The van der Waals surface area contributed by atoms with Crippen molar-refractivity contribution >= 4 is 17.7 Å². The van der Waals surface area contributed by atoms with Crippen LogP contribution in [-0.2, 0) is 11.3 Å². The summed E-state index contributed by atoms with van der Waals surface area (Å²) in [6.45, 7) is 4.54. The van der Waals surface area contributed by atoms with Crippen molar-refractivity contribution in [2.75, 3.05) is 13.3 Å². The fourth-order valence-electron chi connectivity index (χ4n) is 1.71. The molecular formula is C15H24N2OS. The molecule has 0 aromatic heterocycles. The van der Waals surface area contributed by atoms with Crippen molar-refractivity contribution in [2.24, 2.45) is 5.73 Å². The maximum Gasteiger partial charge on any atom is 0.222 e. The molecule has 0 aliphatic carbocycles. The molecule has 1 rings (SSSR count). The van der Waals surface area contributed by atoms with Crippen LogP contribution >= 0.6 is 11.8 Å². The largest absolute Gasteiger partial charge is 0.341 e. The standard InChI is InChI=1S/C15H24N2OS/c1-15(2,16)10-9-14(18)17(3)11-12-5-7-13(19-4)8-6-12/h5-8H,9-11,16H2,1-4H3. The summed E-state index contributed by atoms with van der Waals surface area (Å²) in [6, 6.07) is 8.31. The van der Waals surface area contributed by atoms with Crippen LogP contribution in [0.4, 0.5) is 0 Å². The van der Waals surface area contributed by atoms with Gasteiger partial charge in [-0.3, -0.25) is 4.79 Å². The number of amides is 1. The summed E-state index contributed by atoms with van der Waals surface area (Å²) in [4.78, 5) is 15.0. The monoisotopic (exact) mass is 280 g/mol. The van der Waals surface area contributed by atoms with E-state index in [1.54, 1.807) is 16.7 Å². The van der Waals surface area contributed by atoms with Crippen LogP contribution in [0.3, 0.4) is 0 Å². The van der Waals surface area contributed by atoms with E-state index in [9.17, 15) is 4.79 Å². The van der Waals surface area contributed by atoms with Gasteiger partial charge in [-0.05, 0) is 44.2 Å². The molecule has 0 saturated heterocycles. The molecule has 2 N–H and O–H groups in total. The van der Waals surface area contributed by atoms with Crippen LogP contribution in [0.25, 0.3) is 0 Å². The van der Waals surface area contributed by atoms with E-state index in [4.69, 9.17) is 5.73 Å². The number of rotatable bonds is 6. The van der Waals surface area contributed by atoms with E-state index < -0.39 is 0 Å². The second-order valence-corrected chi connectivity index (χ2v) is 6.47. The van der Waals surface area contributed by atoms with Crippen LogP contribution in [0.15, 0.2) is 29.2 Å². The Morgan fingerprint density at radius 3 is 2.37 bits per heavy atom. The first kappa shape index (κ1) is 16.1. The van der Waals surface area contributed by atoms with E-state index in [-0.39, 0.29) is 11.4 Å². The van der Waals surface area contributed by atoms with Gasteiger partial charge in [-0.1, -0.05) is 12.1 Å². The zero-order chi connectivity index (χ0) is 14.5. The molecule has 1 amide bonds. The molecule has 1 aromatic rings. The van der Waals surface area contributed by atoms with E-state index >= 15 is 0 Å². The Hall–Kier alpha value is -1.00. The average Bonchev–Trinajstić information content (AvgIpc) is 2.36. The van der Waals surface area contributed by atoms with Crippen molar-refractivity contribution in [2.45, 2.75) is 43.7 Å². The molecule has 0 unspecified atom stereocenters. The van der Waals surface area contributed by atoms with Gasteiger partial charge in [0.1, 0.15) is 0 Å². The zero-order valence-electron chi connectivity index (χ0n) is 12.3. The quantitative estimate of drug-likeness (QED) is 0.815. The fourth-order valence-corrected chi connectivity index (χ4v) is 2.12. The van der Waals surface area contributed by atoms with E-state index in [1.165, 1.54) is 4.90 Å². The molecule has 0 atom stereocenters. The highest BCUT2D eigenvalue weighted by molar-refractivity contribution is 7.98. The minimum absolute atomic E-state index is 0.146. The molecule has 19 heavy (non-hydrogen) atoms. The lowest BCUT2D eigenvalue weighted by molar-refractivity contribution is -0.130. The van der Waals surface area contributed by atoms with Gasteiger partial charge in [0.25, 0.3) is 0 Å². The molecule has 0 aliphatic rings. The van der Waals surface area contributed by atoms with Gasteiger partial charge in [0, 0.05) is 30.4 Å². The van der Waals surface area contributed by atoms with Crippen LogP contribution in [0, 0.1) is 0 Å². The normalized spacial score (nSPS) is 11.4. The summed E-state index contributed by atoms with van der Waals surface area (Å²) >= 11 is 1.72. The number of carbonyl (C=O) groups is 1. The smallest absolute Gasteiger partial charge is 0.222 e. The molecule has 0 saturated carbocycles. The summed E-state index contributed by atoms with van der Waals surface area (Å²) < 4.78 is 0. The van der Waals surface area contributed by atoms with Crippen LogP contribution in [-0.4, -0.2) is 29.6 Å². The van der Waals surface area contributed by atoms with Crippen molar-refractivity contribution in [1.82, 2.24) is 4.90 Å². The van der Waals surface area contributed by atoms with Crippen LogP contribution in [0.1, 0.15) is 32.3 Å². The summed E-state index contributed by atoms with van der Waals surface area (Å²) in [7, 11) is 1.84. The predicted octanol–water partition coefficient (Wildman–Crippen LogP) is 2.88. The van der Waals surface area contributed by atoms with Gasteiger partial charge in [0.15, 0.2) is 0 Å². The first-order valence-corrected chi connectivity index (χ1v) is 7.70. The summed E-state index contributed by atoms with van der Waals surface area (Å²) in [5.41, 5.74) is 6.77. The number of benzene rings is 1. The molecule has 0 spiro atoms. The minimum Gasteiger partial charge on any atom is -0.341 e. The Morgan fingerprint density at radius 2 is 1.89 bits per heavy atom. The second-order valence-electron chi connectivity index (χ2n) is 5.59.